The first-order valence-corrected chi connectivity index (χ1v) is 17.5. The first kappa shape index (κ1) is 36.1. The average molecular weight is 711 g/mol. The van der Waals surface area contributed by atoms with Crippen molar-refractivity contribution in [2.45, 2.75) is 76.5 Å². The van der Waals surface area contributed by atoms with Crippen LogP contribution in [0.25, 0.3) is 33.6 Å². The van der Waals surface area contributed by atoms with Crippen LogP contribution in [-0.4, -0.2) is 102 Å². The van der Waals surface area contributed by atoms with Gasteiger partial charge in [0.05, 0.1) is 43.0 Å². The lowest BCUT2D eigenvalue weighted by Crippen LogP contribution is -2.56. The van der Waals surface area contributed by atoms with Crippen LogP contribution in [0.3, 0.4) is 0 Å². The minimum Gasteiger partial charge on any atom is -0.465 e. The van der Waals surface area contributed by atoms with E-state index >= 15 is 0 Å². The van der Waals surface area contributed by atoms with E-state index in [2.05, 4.69) is 49.5 Å². The summed E-state index contributed by atoms with van der Waals surface area (Å²) >= 11 is 0. The number of hydrogen-bond acceptors (Lipinski definition) is 7. The second-order valence-electron chi connectivity index (χ2n) is 14.5. The Labute approximate surface area is 302 Å². The van der Waals surface area contributed by atoms with Crippen LogP contribution in [0.1, 0.15) is 77.1 Å². The Balaban J connectivity index is 1.11. The molecule has 2 fully saturated rings. The minimum absolute atomic E-state index is 0.194. The van der Waals surface area contributed by atoms with E-state index in [1.54, 1.807) is 49.9 Å². The second kappa shape index (κ2) is 14.2. The summed E-state index contributed by atoms with van der Waals surface area (Å²) in [5, 5.41) is 12.1. The van der Waals surface area contributed by atoms with Crippen molar-refractivity contribution < 1.29 is 29.0 Å². The summed E-state index contributed by atoms with van der Waals surface area (Å²) in [6.45, 7) is 7.71. The number of amides is 4. The Morgan fingerprint density at radius 3 is 1.62 bits per heavy atom. The van der Waals surface area contributed by atoms with Crippen molar-refractivity contribution in [2.24, 2.45) is 0 Å². The highest BCUT2D eigenvalue weighted by Crippen LogP contribution is 2.36. The number of ether oxygens (including phenoxy) is 1. The highest BCUT2D eigenvalue weighted by molar-refractivity contribution is 5.90. The van der Waals surface area contributed by atoms with Crippen molar-refractivity contribution in [2.75, 3.05) is 27.2 Å². The number of aromatic nitrogens is 4. The lowest BCUT2D eigenvalue weighted by Gasteiger charge is -2.37. The smallest absolute Gasteiger partial charge is 0.407 e. The van der Waals surface area contributed by atoms with Gasteiger partial charge in [0.1, 0.15) is 22.7 Å². The molecule has 0 spiro atoms. The molecule has 0 bridgehead atoms. The summed E-state index contributed by atoms with van der Waals surface area (Å²) < 4.78 is 4.70. The van der Waals surface area contributed by atoms with Crippen LogP contribution in [0.2, 0.25) is 0 Å². The van der Waals surface area contributed by atoms with Gasteiger partial charge in [-0.1, -0.05) is 48.5 Å². The van der Waals surface area contributed by atoms with Gasteiger partial charge in [-0.3, -0.25) is 14.5 Å². The fourth-order valence-electron chi connectivity index (χ4n) is 7.03. The SMILES string of the molecule is COC(=O)NC(C)(C)C(=O)N1CCC[C@H]1c1ncc(-c2ccc(-c3ccc(-c4cnc([C@@H]5CCCN5C(=O)C(C)(C)N(C)C(=O)O)[nH]4)cc3)cc2)[nH]1. The topological polar surface area (TPSA) is 177 Å². The minimum atomic E-state index is -1.21. The van der Waals surface area contributed by atoms with E-state index in [1.165, 1.54) is 14.2 Å². The Morgan fingerprint density at radius 2 is 1.19 bits per heavy atom. The maximum absolute atomic E-state index is 13.4. The number of carbonyl (C=O) groups is 4. The Hall–Kier alpha value is -5.66. The molecule has 0 unspecified atom stereocenters. The van der Waals surface area contributed by atoms with Gasteiger partial charge in [0.15, 0.2) is 0 Å². The molecule has 2 aliphatic rings. The predicted molar refractivity (Wildman–Crippen MR) is 194 cm³/mol. The van der Waals surface area contributed by atoms with Gasteiger partial charge in [-0.05, 0) is 75.6 Å². The maximum Gasteiger partial charge on any atom is 0.407 e. The standard InChI is InChI=1S/C38H46N8O6/c1-37(2,43-35(49)52-6)33(47)45-19-7-9-29(45)31-39-21-27(41-31)25-15-11-23(12-16-25)24-13-17-26(18-14-24)28-22-40-32(42-28)30-10-8-20-46(30)34(48)38(3,4)44(5)36(50)51/h11-18,21-22,29-30H,7-10,19-20H2,1-6H3,(H,39,41)(H,40,42)(H,43,49)(H,50,51)/t29-,30-/m0/s1. The molecular formula is C38H46N8O6. The van der Waals surface area contributed by atoms with Gasteiger partial charge in [0.2, 0.25) is 11.8 Å². The molecule has 14 nitrogen and oxygen atoms in total. The summed E-state index contributed by atoms with van der Waals surface area (Å²) in [6, 6.07) is 15.9. The molecule has 52 heavy (non-hydrogen) atoms. The van der Waals surface area contributed by atoms with Crippen LogP contribution < -0.4 is 5.32 Å². The Bertz CT molecular complexity index is 1950. The van der Waals surface area contributed by atoms with E-state index in [-0.39, 0.29) is 23.9 Å². The van der Waals surface area contributed by atoms with Crippen molar-refractivity contribution in [3.05, 3.63) is 72.6 Å². The zero-order valence-electron chi connectivity index (χ0n) is 30.4. The molecule has 0 aliphatic carbocycles. The zero-order valence-corrected chi connectivity index (χ0v) is 30.4. The van der Waals surface area contributed by atoms with E-state index in [1.807, 2.05) is 24.3 Å². The van der Waals surface area contributed by atoms with Gasteiger partial charge in [0.25, 0.3) is 0 Å². The molecule has 6 rings (SSSR count). The number of nitrogens with one attached hydrogen (secondary N) is 3. The first-order chi connectivity index (χ1) is 24.7. The molecule has 4 amide bonds. The van der Waals surface area contributed by atoms with E-state index < -0.39 is 23.3 Å². The molecule has 0 saturated carbocycles. The molecule has 2 atom stereocenters. The maximum atomic E-state index is 13.4. The normalized spacial score (nSPS) is 17.7. The van der Waals surface area contributed by atoms with E-state index in [4.69, 9.17) is 4.74 Å². The monoisotopic (exact) mass is 710 g/mol. The third kappa shape index (κ3) is 6.97. The number of H-pyrrole nitrogens is 2. The van der Waals surface area contributed by atoms with Gasteiger partial charge in [-0.2, -0.15) is 0 Å². The number of methoxy groups -OCH3 is 1. The number of likely N-dealkylation sites (N-methyl/N-ethyl adjacent to an activating group) is 1. The lowest BCUT2D eigenvalue weighted by molar-refractivity contribution is -0.142. The van der Waals surface area contributed by atoms with Gasteiger partial charge >= 0.3 is 12.2 Å². The van der Waals surface area contributed by atoms with Crippen molar-refractivity contribution in [3.63, 3.8) is 0 Å². The van der Waals surface area contributed by atoms with Gasteiger partial charge in [-0.15, -0.1) is 0 Å². The zero-order chi connectivity index (χ0) is 37.4. The molecule has 2 aromatic heterocycles. The van der Waals surface area contributed by atoms with Crippen LogP contribution in [0.15, 0.2) is 60.9 Å². The van der Waals surface area contributed by atoms with Crippen LogP contribution >= 0.6 is 0 Å². The second-order valence-corrected chi connectivity index (χ2v) is 14.5. The number of aromatic amines is 2. The molecule has 0 radical (unpaired) electrons. The third-order valence-electron chi connectivity index (χ3n) is 10.4. The molecule has 14 heteroatoms. The van der Waals surface area contributed by atoms with Gasteiger partial charge in [0, 0.05) is 20.1 Å². The molecule has 4 heterocycles. The quantitative estimate of drug-likeness (QED) is 0.164. The van der Waals surface area contributed by atoms with Gasteiger partial charge < -0.3 is 34.9 Å². The molecule has 274 valence electrons. The van der Waals surface area contributed by atoms with Crippen LogP contribution in [0.5, 0.6) is 0 Å². The summed E-state index contributed by atoms with van der Waals surface area (Å²) in [5.41, 5.74) is 3.35. The van der Waals surface area contributed by atoms with Crippen LogP contribution in [0, 0.1) is 0 Å². The number of alkyl carbamates (subject to hydrolysis) is 1. The number of carboxylic acid groups (broad SMARTS) is 1. The first-order valence-electron chi connectivity index (χ1n) is 17.5. The highest BCUT2D eigenvalue weighted by atomic mass is 16.5. The van der Waals surface area contributed by atoms with Crippen molar-refractivity contribution in [3.8, 4) is 33.6 Å². The molecular weight excluding hydrogens is 664 g/mol. The van der Waals surface area contributed by atoms with Crippen LogP contribution in [0.4, 0.5) is 9.59 Å². The summed E-state index contributed by atoms with van der Waals surface area (Å²) in [7, 11) is 2.68. The third-order valence-corrected chi connectivity index (χ3v) is 10.4. The summed E-state index contributed by atoms with van der Waals surface area (Å²) in [6.07, 6.45) is 4.91. The fraction of sp³-hybridized carbons (Fsp3) is 0.421. The van der Waals surface area contributed by atoms with E-state index in [0.717, 1.165) is 64.2 Å². The highest BCUT2D eigenvalue weighted by Gasteiger charge is 2.43. The molecule has 4 aromatic rings. The number of hydrogen-bond donors (Lipinski definition) is 4. The largest absolute Gasteiger partial charge is 0.465 e. The fourth-order valence-corrected chi connectivity index (χ4v) is 7.03. The Kier molecular flexibility index (Phi) is 9.84. The number of nitrogens with zero attached hydrogens (tertiary/aromatic N) is 5. The summed E-state index contributed by atoms with van der Waals surface area (Å²) in [4.78, 5) is 70.9. The average Bonchev–Trinajstić information content (AvgIpc) is 3.97. The summed E-state index contributed by atoms with van der Waals surface area (Å²) in [5.74, 6) is 0.950. The molecule has 2 aromatic carbocycles. The molecule has 4 N–H and O–H groups in total. The van der Waals surface area contributed by atoms with Crippen molar-refractivity contribution in [1.29, 1.82) is 0 Å². The Morgan fingerprint density at radius 1 is 0.769 bits per heavy atom. The number of benzene rings is 2. The molecule has 2 aliphatic heterocycles. The lowest BCUT2D eigenvalue weighted by atomic mass is 10.0. The van der Waals surface area contributed by atoms with E-state index in [0.29, 0.717) is 24.7 Å². The van der Waals surface area contributed by atoms with Gasteiger partial charge in [-0.25, -0.2) is 19.6 Å². The van der Waals surface area contributed by atoms with E-state index in [9.17, 15) is 24.3 Å². The van der Waals surface area contributed by atoms with Crippen molar-refractivity contribution in [1.82, 2.24) is 40.0 Å². The number of imidazole rings is 2. The number of rotatable bonds is 9. The molecule has 2 saturated heterocycles. The number of carbonyl (C=O) groups excluding carboxylic acids is 3. The number of likely N-dealkylation sites (tertiary alicyclic amines) is 2. The van der Waals surface area contributed by atoms with Crippen LogP contribution in [-0.2, 0) is 14.3 Å². The van der Waals surface area contributed by atoms with Crippen molar-refractivity contribution >= 4 is 24.0 Å². The predicted octanol–water partition coefficient (Wildman–Crippen LogP) is 5.98.